The van der Waals surface area contributed by atoms with E-state index in [9.17, 15) is 4.79 Å². The van der Waals surface area contributed by atoms with Crippen molar-refractivity contribution < 1.29 is 4.79 Å². The number of amides is 1. The Hall–Kier alpha value is -1.03. The summed E-state index contributed by atoms with van der Waals surface area (Å²) in [6, 6.07) is 5.65. The monoisotopic (exact) mass is 326 g/mol. The number of nitrogens with zero attached hydrogens (tertiary/aromatic N) is 1. The third-order valence-corrected chi connectivity index (χ3v) is 4.10. The molecule has 1 aromatic carbocycles. The molecule has 3 nitrogen and oxygen atoms in total. The first-order chi connectivity index (χ1) is 9.01. The van der Waals surface area contributed by atoms with Crippen molar-refractivity contribution in [3.63, 3.8) is 0 Å². The maximum absolute atomic E-state index is 12.6. The lowest BCUT2D eigenvalue weighted by molar-refractivity contribution is 0.0685. The Morgan fingerprint density at radius 2 is 2.11 bits per heavy atom. The number of halogens is 1. The van der Waals surface area contributed by atoms with Crippen LogP contribution in [0.3, 0.4) is 0 Å². The van der Waals surface area contributed by atoms with E-state index in [1.54, 1.807) is 6.07 Å². The van der Waals surface area contributed by atoms with Crippen molar-refractivity contribution in [3.8, 4) is 0 Å². The van der Waals surface area contributed by atoms with E-state index in [1.165, 1.54) is 0 Å². The van der Waals surface area contributed by atoms with Gasteiger partial charge in [0.15, 0.2) is 0 Å². The molecule has 0 fully saturated rings. The van der Waals surface area contributed by atoms with Crippen molar-refractivity contribution in [2.75, 3.05) is 12.3 Å². The van der Waals surface area contributed by atoms with Crippen LogP contribution in [0.25, 0.3) is 0 Å². The number of rotatable bonds is 6. The van der Waals surface area contributed by atoms with E-state index in [-0.39, 0.29) is 11.9 Å². The topological polar surface area (TPSA) is 46.3 Å². The van der Waals surface area contributed by atoms with Crippen molar-refractivity contribution in [1.82, 2.24) is 4.90 Å². The van der Waals surface area contributed by atoms with Crippen LogP contribution in [0.15, 0.2) is 22.7 Å². The molecule has 19 heavy (non-hydrogen) atoms. The summed E-state index contributed by atoms with van der Waals surface area (Å²) in [4.78, 5) is 14.5. The predicted octanol–water partition coefficient (Wildman–Crippen LogP) is 4.07. The number of carbonyl (C=O) groups excluding carboxylic acids is 1. The summed E-state index contributed by atoms with van der Waals surface area (Å²) >= 11 is 3.35. The third kappa shape index (κ3) is 4.23. The second-order valence-electron chi connectivity index (χ2n) is 4.85. The molecule has 0 bridgehead atoms. The predicted molar refractivity (Wildman–Crippen MR) is 84.3 cm³/mol. The molecular weight excluding hydrogens is 304 g/mol. The number of nitrogens with two attached hydrogens (primary N) is 1. The van der Waals surface area contributed by atoms with Crippen LogP contribution in [-0.4, -0.2) is 23.4 Å². The fourth-order valence-electron chi connectivity index (χ4n) is 1.91. The van der Waals surface area contributed by atoms with Gasteiger partial charge in [-0.1, -0.05) is 20.3 Å². The lowest BCUT2D eigenvalue weighted by Gasteiger charge is -2.28. The largest absolute Gasteiger partial charge is 0.398 e. The Kier molecular flexibility index (Phi) is 6.35. The van der Waals surface area contributed by atoms with Gasteiger partial charge in [0.05, 0.1) is 0 Å². The summed E-state index contributed by atoms with van der Waals surface area (Å²) < 4.78 is 0.827. The van der Waals surface area contributed by atoms with Gasteiger partial charge >= 0.3 is 0 Å². The fraction of sp³-hybridized carbons (Fsp3) is 0.533. The van der Waals surface area contributed by atoms with Gasteiger partial charge in [-0.2, -0.15) is 0 Å². The van der Waals surface area contributed by atoms with Gasteiger partial charge in [-0.15, -0.1) is 0 Å². The Morgan fingerprint density at radius 3 is 2.63 bits per heavy atom. The van der Waals surface area contributed by atoms with Gasteiger partial charge < -0.3 is 10.6 Å². The van der Waals surface area contributed by atoms with E-state index in [2.05, 4.69) is 36.7 Å². The van der Waals surface area contributed by atoms with Crippen LogP contribution in [-0.2, 0) is 0 Å². The average molecular weight is 327 g/mol. The number of hydrogen-bond acceptors (Lipinski definition) is 2. The van der Waals surface area contributed by atoms with Crippen LogP contribution in [0.1, 0.15) is 50.4 Å². The Labute approximate surface area is 124 Å². The summed E-state index contributed by atoms with van der Waals surface area (Å²) in [6.07, 6.45) is 3.08. The minimum absolute atomic E-state index is 0.0713. The SMILES string of the molecule is CCCCN(C(=O)c1ccc(Br)c(N)c1)C(C)CC. The molecule has 0 aromatic heterocycles. The number of benzene rings is 1. The first-order valence-corrected chi connectivity index (χ1v) is 7.66. The van der Waals surface area contributed by atoms with Gasteiger partial charge in [-0.25, -0.2) is 0 Å². The molecule has 1 aromatic rings. The number of nitrogen functional groups attached to an aromatic ring is 1. The molecule has 0 saturated carbocycles. The smallest absolute Gasteiger partial charge is 0.254 e. The molecule has 4 heteroatoms. The van der Waals surface area contributed by atoms with Crippen LogP contribution in [0.5, 0.6) is 0 Å². The normalized spacial score (nSPS) is 12.2. The highest BCUT2D eigenvalue weighted by atomic mass is 79.9. The molecule has 1 rings (SSSR count). The summed E-state index contributed by atoms with van der Waals surface area (Å²) in [7, 11) is 0. The maximum Gasteiger partial charge on any atom is 0.254 e. The zero-order valence-electron chi connectivity index (χ0n) is 11.9. The Balaban J connectivity index is 2.94. The molecule has 1 amide bonds. The molecule has 106 valence electrons. The minimum Gasteiger partial charge on any atom is -0.398 e. The molecule has 0 aliphatic heterocycles. The van der Waals surface area contributed by atoms with E-state index in [1.807, 2.05) is 17.0 Å². The van der Waals surface area contributed by atoms with Crippen LogP contribution in [0.2, 0.25) is 0 Å². The van der Waals surface area contributed by atoms with Crippen LogP contribution in [0, 0.1) is 0 Å². The standard InChI is InChI=1S/C15H23BrN2O/c1-4-6-9-18(11(3)5-2)15(19)12-7-8-13(16)14(17)10-12/h7-8,10-11H,4-6,9,17H2,1-3H3. The first kappa shape index (κ1) is 16.0. The van der Waals surface area contributed by atoms with Gasteiger partial charge in [-0.05, 0) is 53.9 Å². The Bertz CT molecular complexity index is 434. The molecule has 1 atom stereocenters. The molecule has 2 N–H and O–H groups in total. The van der Waals surface area contributed by atoms with Gasteiger partial charge in [0.1, 0.15) is 0 Å². The molecule has 0 radical (unpaired) electrons. The lowest BCUT2D eigenvalue weighted by Crippen LogP contribution is -2.39. The molecule has 1 unspecified atom stereocenters. The van der Waals surface area contributed by atoms with Crippen LogP contribution in [0.4, 0.5) is 5.69 Å². The number of anilines is 1. The average Bonchev–Trinajstić information content (AvgIpc) is 2.41. The number of carbonyl (C=O) groups is 1. The van der Waals surface area contributed by atoms with Crippen LogP contribution >= 0.6 is 15.9 Å². The molecular formula is C15H23BrN2O. The van der Waals surface area contributed by atoms with Gasteiger partial charge in [0.2, 0.25) is 0 Å². The van der Waals surface area contributed by atoms with E-state index < -0.39 is 0 Å². The summed E-state index contributed by atoms with van der Waals surface area (Å²) in [5, 5.41) is 0. The lowest BCUT2D eigenvalue weighted by atomic mass is 10.1. The highest BCUT2D eigenvalue weighted by molar-refractivity contribution is 9.10. The third-order valence-electron chi connectivity index (χ3n) is 3.38. The van der Waals surface area contributed by atoms with E-state index in [4.69, 9.17) is 5.73 Å². The minimum atomic E-state index is 0.0713. The van der Waals surface area contributed by atoms with E-state index in [0.717, 1.165) is 30.3 Å². The maximum atomic E-state index is 12.6. The highest BCUT2D eigenvalue weighted by Gasteiger charge is 2.20. The summed E-state index contributed by atoms with van der Waals surface area (Å²) in [5.41, 5.74) is 7.12. The van der Waals surface area contributed by atoms with Gasteiger partial charge in [0, 0.05) is 28.3 Å². The summed E-state index contributed by atoms with van der Waals surface area (Å²) in [6.45, 7) is 7.14. The van der Waals surface area contributed by atoms with Gasteiger partial charge in [0.25, 0.3) is 5.91 Å². The zero-order chi connectivity index (χ0) is 14.4. The molecule has 0 spiro atoms. The van der Waals surface area contributed by atoms with Crippen molar-refractivity contribution >= 4 is 27.5 Å². The van der Waals surface area contributed by atoms with Crippen molar-refractivity contribution in [2.24, 2.45) is 0 Å². The van der Waals surface area contributed by atoms with E-state index in [0.29, 0.717) is 11.3 Å². The molecule has 0 aliphatic carbocycles. The van der Waals surface area contributed by atoms with Crippen molar-refractivity contribution in [3.05, 3.63) is 28.2 Å². The zero-order valence-corrected chi connectivity index (χ0v) is 13.5. The van der Waals surface area contributed by atoms with Gasteiger partial charge in [-0.3, -0.25) is 4.79 Å². The quantitative estimate of drug-likeness (QED) is 0.801. The second-order valence-corrected chi connectivity index (χ2v) is 5.70. The number of hydrogen-bond donors (Lipinski definition) is 1. The number of unbranched alkanes of at least 4 members (excludes halogenated alkanes) is 1. The van der Waals surface area contributed by atoms with Crippen LogP contribution < -0.4 is 5.73 Å². The summed E-state index contributed by atoms with van der Waals surface area (Å²) in [5.74, 6) is 0.0713. The molecule has 0 aliphatic rings. The first-order valence-electron chi connectivity index (χ1n) is 6.87. The van der Waals surface area contributed by atoms with E-state index >= 15 is 0 Å². The second kappa shape index (κ2) is 7.53. The molecule has 0 heterocycles. The van der Waals surface area contributed by atoms with Crippen molar-refractivity contribution in [1.29, 1.82) is 0 Å². The van der Waals surface area contributed by atoms with Crippen molar-refractivity contribution in [2.45, 2.75) is 46.1 Å². The Morgan fingerprint density at radius 1 is 1.42 bits per heavy atom. The molecule has 0 saturated heterocycles. The highest BCUT2D eigenvalue weighted by Crippen LogP contribution is 2.22. The fourth-order valence-corrected chi connectivity index (χ4v) is 2.16.